The molecule has 1 N–H and O–H groups in total. The number of methoxy groups -OCH3 is 2. The average Bonchev–Trinajstić information content (AvgIpc) is 3.12. The molecule has 1 atom stereocenters. The van der Waals surface area contributed by atoms with Crippen LogP contribution >= 0.6 is 11.6 Å². The van der Waals surface area contributed by atoms with E-state index >= 15 is 0 Å². The first-order valence-electron chi connectivity index (χ1n) is 16.2. The molecular weight excluding hydrogens is 650 g/mol. The predicted octanol–water partition coefficient (Wildman–Crippen LogP) is 3.98. The van der Waals surface area contributed by atoms with E-state index in [4.69, 9.17) is 30.8 Å². The Kier molecular flexibility index (Phi) is 10.5. The molecule has 0 bridgehead atoms. The molecule has 1 aromatic heterocycles. The van der Waals surface area contributed by atoms with Gasteiger partial charge in [-0.05, 0) is 49.4 Å². The molecule has 0 spiro atoms. The van der Waals surface area contributed by atoms with Crippen molar-refractivity contribution >= 4 is 45.8 Å². The van der Waals surface area contributed by atoms with Gasteiger partial charge in [0, 0.05) is 56.0 Å². The second kappa shape index (κ2) is 15.1. The number of aromatic nitrogens is 2. The minimum atomic E-state index is -0.778. The molecular formula is C35H40ClN7O6. The Hall–Kier alpha value is -4.85. The smallest absolute Gasteiger partial charge is 0.327 e. The number of carbonyl (C=O) groups is 2. The van der Waals surface area contributed by atoms with Gasteiger partial charge in [0.05, 0.1) is 56.6 Å². The molecule has 0 radical (unpaired) electrons. The molecule has 2 aliphatic heterocycles. The van der Waals surface area contributed by atoms with Gasteiger partial charge < -0.3 is 29.4 Å². The van der Waals surface area contributed by atoms with Crippen molar-refractivity contribution in [3.8, 4) is 11.5 Å². The maximum Gasteiger partial charge on any atom is 0.327 e. The van der Waals surface area contributed by atoms with Crippen LogP contribution in [0.5, 0.6) is 11.5 Å². The summed E-state index contributed by atoms with van der Waals surface area (Å²) in [6, 6.07) is 17.9. The van der Waals surface area contributed by atoms with Gasteiger partial charge in [-0.15, -0.1) is 0 Å². The van der Waals surface area contributed by atoms with Crippen LogP contribution in [-0.2, 0) is 9.53 Å². The van der Waals surface area contributed by atoms with Gasteiger partial charge in [0.15, 0.2) is 5.82 Å². The number of para-hydroxylation sites is 1. The van der Waals surface area contributed by atoms with Crippen molar-refractivity contribution in [2.24, 2.45) is 0 Å². The summed E-state index contributed by atoms with van der Waals surface area (Å²) in [7, 11) is 3.07. The number of halogens is 1. The lowest BCUT2D eigenvalue weighted by Crippen LogP contribution is -2.57. The molecule has 3 heterocycles. The summed E-state index contributed by atoms with van der Waals surface area (Å²) in [4.78, 5) is 52.0. The van der Waals surface area contributed by atoms with E-state index in [1.807, 2.05) is 22.9 Å². The topological polar surface area (TPSA) is 122 Å². The van der Waals surface area contributed by atoms with Crippen molar-refractivity contribution in [3.63, 3.8) is 0 Å². The number of carbonyl (C=O) groups excluding carboxylic acids is 2. The summed E-state index contributed by atoms with van der Waals surface area (Å²) in [6.45, 7) is 6.49. The van der Waals surface area contributed by atoms with Crippen LogP contribution in [0.2, 0.25) is 5.02 Å². The second-order valence-corrected chi connectivity index (χ2v) is 12.3. The number of anilines is 2. The molecule has 2 aliphatic rings. The number of nitrogens with one attached hydrogen (secondary N) is 1. The van der Waals surface area contributed by atoms with E-state index in [9.17, 15) is 14.4 Å². The van der Waals surface area contributed by atoms with Gasteiger partial charge in [0.1, 0.15) is 11.5 Å². The van der Waals surface area contributed by atoms with Gasteiger partial charge in [-0.1, -0.05) is 29.8 Å². The standard InChI is InChI=1S/C35H40ClN7O6/c1-24(42(30-12-11-27(47-2)22-31(30)48-3)35(46)37-26-8-6-7-25(36)21-26)33-38-29-10-5-4-9-28(29)34(45)43(33)41-15-13-39(14-16-41)23-32(44)40-17-19-49-20-18-40/h4-12,21-22,24H,13-20,23H2,1-3H3,(H,37,46). The number of benzene rings is 3. The normalized spacial score (nSPS) is 15.9. The number of urea groups is 1. The lowest BCUT2D eigenvalue weighted by molar-refractivity contribution is -0.136. The maximum atomic E-state index is 14.3. The van der Waals surface area contributed by atoms with E-state index in [0.29, 0.717) is 104 Å². The first-order valence-corrected chi connectivity index (χ1v) is 16.6. The number of ether oxygens (including phenoxy) is 3. The van der Waals surface area contributed by atoms with E-state index in [-0.39, 0.29) is 11.5 Å². The fraction of sp³-hybridized carbons (Fsp3) is 0.371. The summed E-state index contributed by atoms with van der Waals surface area (Å²) in [5.41, 5.74) is 1.20. The Morgan fingerprint density at radius 3 is 2.43 bits per heavy atom. The third-order valence-corrected chi connectivity index (χ3v) is 9.07. The third kappa shape index (κ3) is 7.43. The molecule has 0 aliphatic carbocycles. The molecule has 2 fully saturated rings. The Bertz CT molecular complexity index is 1870. The van der Waals surface area contributed by atoms with Crippen LogP contribution in [0.25, 0.3) is 10.9 Å². The molecule has 258 valence electrons. The van der Waals surface area contributed by atoms with Gasteiger partial charge >= 0.3 is 6.03 Å². The van der Waals surface area contributed by atoms with Crippen molar-refractivity contribution in [2.45, 2.75) is 13.0 Å². The minimum Gasteiger partial charge on any atom is -0.497 e. The van der Waals surface area contributed by atoms with Crippen molar-refractivity contribution in [2.75, 3.05) is 88.5 Å². The number of piperazine rings is 1. The highest BCUT2D eigenvalue weighted by atomic mass is 35.5. The van der Waals surface area contributed by atoms with Gasteiger partial charge in [-0.2, -0.15) is 0 Å². The SMILES string of the molecule is COc1ccc(N(C(=O)Nc2cccc(Cl)c2)C(C)c2nc3ccccc3c(=O)n2N2CCN(CC(=O)N3CCOCC3)CC2)c(OC)c1. The number of morpholine rings is 1. The van der Waals surface area contributed by atoms with E-state index in [2.05, 4.69) is 10.2 Å². The highest BCUT2D eigenvalue weighted by molar-refractivity contribution is 6.31. The zero-order valence-electron chi connectivity index (χ0n) is 27.8. The Labute approximate surface area is 289 Å². The quantitative estimate of drug-likeness (QED) is 0.278. The number of hydrogen-bond donors (Lipinski definition) is 1. The van der Waals surface area contributed by atoms with Gasteiger partial charge in [0.25, 0.3) is 5.56 Å². The van der Waals surface area contributed by atoms with Crippen molar-refractivity contribution in [3.05, 3.63) is 87.9 Å². The van der Waals surface area contributed by atoms with Gasteiger partial charge in [-0.25, -0.2) is 14.5 Å². The number of rotatable bonds is 9. The van der Waals surface area contributed by atoms with Crippen LogP contribution in [-0.4, -0.2) is 105 Å². The summed E-state index contributed by atoms with van der Waals surface area (Å²) < 4.78 is 18.1. The fourth-order valence-corrected chi connectivity index (χ4v) is 6.42. The van der Waals surface area contributed by atoms with Crippen LogP contribution in [0, 0.1) is 0 Å². The summed E-state index contributed by atoms with van der Waals surface area (Å²) >= 11 is 6.24. The summed E-state index contributed by atoms with van der Waals surface area (Å²) in [5, 5.41) is 5.82. The molecule has 3 aromatic carbocycles. The molecule has 14 heteroatoms. The molecule has 3 amide bonds. The lowest BCUT2D eigenvalue weighted by atomic mass is 10.1. The number of amides is 3. The molecule has 2 saturated heterocycles. The van der Waals surface area contributed by atoms with E-state index in [1.165, 1.54) is 12.0 Å². The van der Waals surface area contributed by atoms with Crippen molar-refractivity contribution in [1.82, 2.24) is 19.5 Å². The number of fused-ring (bicyclic) bond motifs is 1. The highest BCUT2D eigenvalue weighted by Gasteiger charge is 2.33. The van der Waals surface area contributed by atoms with Crippen LogP contribution in [0.3, 0.4) is 0 Å². The zero-order valence-corrected chi connectivity index (χ0v) is 28.6. The fourth-order valence-electron chi connectivity index (χ4n) is 6.23. The van der Waals surface area contributed by atoms with Crippen LogP contribution in [0.15, 0.2) is 71.5 Å². The van der Waals surface area contributed by atoms with Crippen LogP contribution in [0.1, 0.15) is 18.8 Å². The molecule has 1 unspecified atom stereocenters. The van der Waals surface area contributed by atoms with Crippen molar-refractivity contribution in [1.29, 1.82) is 0 Å². The summed E-state index contributed by atoms with van der Waals surface area (Å²) in [5.74, 6) is 1.38. The Morgan fingerprint density at radius 1 is 0.959 bits per heavy atom. The molecule has 49 heavy (non-hydrogen) atoms. The molecule has 6 rings (SSSR count). The van der Waals surface area contributed by atoms with E-state index in [1.54, 1.807) is 72.4 Å². The lowest BCUT2D eigenvalue weighted by Gasteiger charge is -2.39. The predicted molar refractivity (Wildman–Crippen MR) is 189 cm³/mol. The van der Waals surface area contributed by atoms with Crippen LogP contribution < -0.4 is 30.3 Å². The highest BCUT2D eigenvalue weighted by Crippen LogP contribution is 2.37. The minimum absolute atomic E-state index is 0.0744. The van der Waals surface area contributed by atoms with Crippen molar-refractivity contribution < 1.29 is 23.8 Å². The van der Waals surface area contributed by atoms with Gasteiger partial charge in [-0.3, -0.25) is 19.4 Å². The Balaban J connectivity index is 1.37. The monoisotopic (exact) mass is 689 g/mol. The zero-order chi connectivity index (χ0) is 34.5. The van der Waals surface area contributed by atoms with Gasteiger partial charge in [0.2, 0.25) is 5.91 Å². The first kappa shape index (κ1) is 34.0. The van der Waals surface area contributed by atoms with E-state index < -0.39 is 12.1 Å². The van der Waals surface area contributed by atoms with E-state index in [0.717, 1.165) is 0 Å². The Morgan fingerprint density at radius 2 is 1.71 bits per heavy atom. The average molecular weight is 690 g/mol. The number of hydrogen-bond acceptors (Lipinski definition) is 9. The number of nitrogens with zero attached hydrogens (tertiary/aromatic N) is 6. The summed E-state index contributed by atoms with van der Waals surface area (Å²) in [6.07, 6.45) is 0. The second-order valence-electron chi connectivity index (χ2n) is 11.9. The first-order chi connectivity index (χ1) is 23.8. The third-order valence-electron chi connectivity index (χ3n) is 8.84. The molecule has 0 saturated carbocycles. The maximum absolute atomic E-state index is 14.3. The van der Waals surface area contributed by atoms with Crippen LogP contribution in [0.4, 0.5) is 16.2 Å². The molecule has 13 nitrogen and oxygen atoms in total. The largest absolute Gasteiger partial charge is 0.497 e. The molecule has 4 aromatic rings.